The third-order valence-corrected chi connectivity index (χ3v) is 11.5. The van der Waals surface area contributed by atoms with E-state index in [0.29, 0.717) is 18.0 Å². The predicted octanol–water partition coefficient (Wildman–Crippen LogP) is 10.5. The summed E-state index contributed by atoms with van der Waals surface area (Å²) in [7, 11) is 0. The molecule has 9 rings (SSSR count). The highest BCUT2D eigenvalue weighted by molar-refractivity contribution is 5.75. The van der Waals surface area contributed by atoms with Gasteiger partial charge < -0.3 is 9.47 Å². The van der Waals surface area contributed by atoms with Crippen LogP contribution in [0.3, 0.4) is 0 Å². The number of allylic oxidation sites excluding steroid dienone is 8. The van der Waals surface area contributed by atoms with Gasteiger partial charge in [0, 0.05) is 34.1 Å². The summed E-state index contributed by atoms with van der Waals surface area (Å²) in [6.07, 6.45) is 38.7. The minimum atomic E-state index is 0.120. The predicted molar refractivity (Wildman–Crippen MR) is 185 cm³/mol. The summed E-state index contributed by atoms with van der Waals surface area (Å²) in [4.78, 5) is 2.56. The van der Waals surface area contributed by atoms with E-state index in [-0.39, 0.29) is 5.41 Å². The van der Waals surface area contributed by atoms with Gasteiger partial charge in [-0.3, -0.25) is 0 Å². The summed E-state index contributed by atoms with van der Waals surface area (Å²) < 4.78 is 2.70. The lowest BCUT2D eigenvalue weighted by Crippen LogP contribution is -2.32. The number of fused-ring (bicyclic) bond motifs is 6. The van der Waals surface area contributed by atoms with E-state index in [1.165, 1.54) is 85.1 Å². The summed E-state index contributed by atoms with van der Waals surface area (Å²) >= 11 is 0. The van der Waals surface area contributed by atoms with E-state index in [0.717, 1.165) is 12.8 Å². The van der Waals surface area contributed by atoms with Gasteiger partial charge in [0.1, 0.15) is 0 Å². The highest BCUT2D eigenvalue weighted by Gasteiger charge is 2.40. The number of benzene rings is 2. The Labute approximate surface area is 262 Å². The Balaban J connectivity index is 1.04. The van der Waals surface area contributed by atoms with Crippen molar-refractivity contribution in [3.05, 3.63) is 142 Å². The Morgan fingerprint density at radius 3 is 2.43 bits per heavy atom. The molecule has 2 heteroatoms. The number of anilines is 2. The normalized spacial score (nSPS) is 25.8. The molecule has 1 fully saturated rings. The summed E-state index contributed by atoms with van der Waals surface area (Å²) in [5, 5.41) is 0. The standard InChI is InChI=1S/C42H42N2/c1-10-28-42(29-11-1,30-20-24-32(25-21-30)43-38-16-6-2-12-34(38)35-13-3-7-17-39(35)43)31-22-26-33(27-23-31)44-40-18-8-4-14-36(40)37-15-5-9-19-41(37)44/h2-4,6-7,9,12-14,16-17,19-26,33-34,38H,1,5,8,10-11,15,18,27-29H2. The van der Waals surface area contributed by atoms with Crippen LogP contribution in [0.4, 0.5) is 11.4 Å². The fraction of sp³-hybridized carbons (Fsp3) is 0.333. The zero-order chi connectivity index (χ0) is 29.1. The fourth-order valence-electron chi connectivity index (χ4n) is 9.44. The van der Waals surface area contributed by atoms with Gasteiger partial charge in [0.2, 0.25) is 0 Å². The van der Waals surface area contributed by atoms with Crippen molar-refractivity contribution in [2.45, 2.75) is 87.6 Å². The molecule has 0 N–H and O–H groups in total. The average Bonchev–Trinajstić information content (AvgIpc) is 3.62. The zero-order valence-electron chi connectivity index (χ0n) is 25.7. The number of hydrogen-bond donors (Lipinski definition) is 0. The first-order valence-corrected chi connectivity index (χ1v) is 17.1. The van der Waals surface area contributed by atoms with Gasteiger partial charge in [0.25, 0.3) is 0 Å². The van der Waals surface area contributed by atoms with Crippen LogP contribution in [0.25, 0.3) is 12.2 Å². The van der Waals surface area contributed by atoms with Gasteiger partial charge in [-0.25, -0.2) is 0 Å². The van der Waals surface area contributed by atoms with Crippen LogP contribution >= 0.6 is 0 Å². The first-order chi connectivity index (χ1) is 21.8. The molecule has 2 heterocycles. The van der Waals surface area contributed by atoms with E-state index in [1.54, 1.807) is 16.8 Å². The van der Waals surface area contributed by atoms with Crippen molar-refractivity contribution in [1.29, 1.82) is 0 Å². The second kappa shape index (κ2) is 10.5. The largest absolute Gasteiger partial charge is 0.337 e. The monoisotopic (exact) mass is 574 g/mol. The molecule has 0 radical (unpaired) electrons. The number of hydrogen-bond acceptors (Lipinski definition) is 1. The lowest BCUT2D eigenvalue weighted by atomic mass is 9.64. The molecular formula is C42H42N2. The van der Waals surface area contributed by atoms with E-state index in [9.17, 15) is 0 Å². The molecule has 1 saturated carbocycles. The van der Waals surface area contributed by atoms with Crippen molar-refractivity contribution in [2.75, 3.05) is 4.90 Å². The molecule has 0 amide bonds. The van der Waals surface area contributed by atoms with Crippen LogP contribution in [0.15, 0.2) is 109 Å². The maximum absolute atomic E-state index is 2.70. The molecule has 0 spiro atoms. The molecule has 0 bridgehead atoms. The third-order valence-electron chi connectivity index (χ3n) is 11.5. The lowest BCUT2D eigenvalue weighted by molar-refractivity contribution is 0.342. The second-order valence-corrected chi connectivity index (χ2v) is 13.7. The molecule has 0 saturated heterocycles. The highest BCUT2D eigenvalue weighted by Crippen LogP contribution is 2.50. The zero-order valence-corrected chi connectivity index (χ0v) is 25.7. The number of para-hydroxylation sites is 1. The van der Waals surface area contributed by atoms with Crippen LogP contribution < -0.4 is 4.90 Å². The molecule has 2 aromatic carbocycles. The first kappa shape index (κ1) is 26.4. The smallest absolute Gasteiger partial charge is 0.0629 e. The molecule has 44 heavy (non-hydrogen) atoms. The number of rotatable bonds is 4. The number of aromatic nitrogens is 1. The Morgan fingerprint density at radius 2 is 1.57 bits per heavy atom. The van der Waals surface area contributed by atoms with Crippen LogP contribution in [-0.4, -0.2) is 10.6 Å². The summed E-state index contributed by atoms with van der Waals surface area (Å²) in [6.45, 7) is 0. The van der Waals surface area contributed by atoms with Gasteiger partial charge >= 0.3 is 0 Å². The molecule has 6 aliphatic rings. The van der Waals surface area contributed by atoms with E-state index >= 15 is 0 Å². The molecule has 2 nitrogen and oxygen atoms in total. The van der Waals surface area contributed by atoms with Gasteiger partial charge in [-0.1, -0.05) is 110 Å². The summed E-state index contributed by atoms with van der Waals surface area (Å²) in [5.74, 6) is 0.425. The molecule has 5 aliphatic carbocycles. The van der Waals surface area contributed by atoms with Gasteiger partial charge in [0.05, 0.1) is 12.1 Å². The van der Waals surface area contributed by atoms with Crippen LogP contribution in [0.5, 0.6) is 0 Å². The van der Waals surface area contributed by atoms with Crippen molar-refractivity contribution < 1.29 is 0 Å². The van der Waals surface area contributed by atoms with E-state index in [1.807, 2.05) is 0 Å². The summed E-state index contributed by atoms with van der Waals surface area (Å²) in [5.41, 5.74) is 13.4. The van der Waals surface area contributed by atoms with E-state index in [4.69, 9.17) is 0 Å². The van der Waals surface area contributed by atoms with Crippen LogP contribution in [0, 0.1) is 0 Å². The van der Waals surface area contributed by atoms with Crippen LogP contribution in [0.2, 0.25) is 0 Å². The molecule has 220 valence electrons. The minimum absolute atomic E-state index is 0.120. The van der Waals surface area contributed by atoms with Crippen LogP contribution in [-0.2, 0) is 18.3 Å². The topological polar surface area (TPSA) is 8.17 Å². The maximum atomic E-state index is 2.70. The molecular weight excluding hydrogens is 532 g/mol. The van der Waals surface area contributed by atoms with Crippen molar-refractivity contribution in [1.82, 2.24) is 4.57 Å². The Hall–Kier alpha value is -4.04. The lowest BCUT2D eigenvalue weighted by Gasteiger charge is -2.41. The Bertz CT molecular complexity index is 1780. The second-order valence-electron chi connectivity index (χ2n) is 13.7. The van der Waals surface area contributed by atoms with Crippen molar-refractivity contribution >= 4 is 23.5 Å². The molecule has 3 unspecified atom stereocenters. The van der Waals surface area contributed by atoms with Crippen molar-refractivity contribution in [3.8, 4) is 0 Å². The van der Waals surface area contributed by atoms with E-state index in [2.05, 4.69) is 125 Å². The Kier molecular flexibility index (Phi) is 6.32. The van der Waals surface area contributed by atoms with E-state index < -0.39 is 0 Å². The number of nitrogens with zero attached hydrogens (tertiary/aromatic N) is 2. The van der Waals surface area contributed by atoms with Crippen molar-refractivity contribution in [3.63, 3.8) is 0 Å². The summed E-state index contributed by atoms with van der Waals surface area (Å²) in [6, 6.07) is 19.5. The van der Waals surface area contributed by atoms with Gasteiger partial charge in [-0.2, -0.15) is 0 Å². The maximum Gasteiger partial charge on any atom is 0.0629 e. The van der Waals surface area contributed by atoms with Gasteiger partial charge in [-0.15, -0.1) is 0 Å². The van der Waals surface area contributed by atoms with Crippen LogP contribution in [0.1, 0.15) is 97.0 Å². The molecule has 1 aliphatic heterocycles. The first-order valence-electron chi connectivity index (χ1n) is 17.1. The third kappa shape index (κ3) is 3.99. The Morgan fingerprint density at radius 1 is 0.750 bits per heavy atom. The van der Waals surface area contributed by atoms with Gasteiger partial charge in [-0.05, 0) is 97.0 Å². The minimum Gasteiger partial charge on any atom is -0.337 e. The van der Waals surface area contributed by atoms with Gasteiger partial charge in [0.15, 0.2) is 0 Å². The fourth-order valence-corrected chi connectivity index (χ4v) is 9.44. The van der Waals surface area contributed by atoms with Crippen molar-refractivity contribution in [2.24, 2.45) is 0 Å². The average molecular weight is 575 g/mol. The molecule has 3 atom stereocenters. The quantitative estimate of drug-likeness (QED) is 0.301. The molecule has 3 aromatic rings. The highest BCUT2D eigenvalue weighted by atomic mass is 15.2. The molecule has 1 aromatic heterocycles. The SMILES string of the molecule is C1=CC2c3ccccc3N(c3ccc(C4(C5=CCC(n6c7c(c8c6CCC=C8)CCC=C7)C=C5)CCCCC4)cc3)C2C=C1.